The highest BCUT2D eigenvalue weighted by Gasteiger charge is 3.32. The Morgan fingerprint density at radius 3 is 1.71 bits per heavy atom. The maximum absolute atomic E-state index is 13.5. The third kappa shape index (κ3) is 0.905. The third-order valence-corrected chi connectivity index (χ3v) is 12.0. The van der Waals surface area contributed by atoms with E-state index in [1.807, 2.05) is 20.8 Å². The minimum Gasteiger partial charge on any atom is -0.264 e. The molecule has 7 saturated carbocycles. The Balaban J connectivity index is 1.52. The normalized spacial score (nSPS) is 59.5. The van der Waals surface area contributed by atoms with Gasteiger partial charge in [0.25, 0.3) is 10.1 Å². The van der Waals surface area contributed by atoms with Crippen LogP contribution < -0.4 is 0 Å². The molecule has 0 aromatic rings. The zero-order valence-corrected chi connectivity index (χ0v) is 16.1. The zero-order chi connectivity index (χ0) is 16.9. The molecule has 0 heterocycles. The average molecular weight is 351 g/mol. The third-order valence-electron chi connectivity index (χ3n) is 9.56. The van der Waals surface area contributed by atoms with Gasteiger partial charge in [-0.15, -0.1) is 0 Å². The van der Waals surface area contributed by atoms with Crippen LogP contribution in [0.4, 0.5) is 0 Å². The van der Waals surface area contributed by atoms with E-state index in [-0.39, 0.29) is 10.8 Å². The van der Waals surface area contributed by atoms with E-state index < -0.39 is 20.5 Å². The molecule has 0 radical (unpaired) electrons. The quantitative estimate of drug-likeness (QED) is 0.693. The van der Waals surface area contributed by atoms with Crippen molar-refractivity contribution in [2.24, 2.45) is 27.6 Å². The van der Waals surface area contributed by atoms with Gasteiger partial charge in [-0.1, -0.05) is 38.5 Å². The summed E-state index contributed by atoms with van der Waals surface area (Å²) in [4.78, 5) is 0. The fourth-order valence-electron chi connectivity index (χ4n) is 10.3. The minimum atomic E-state index is -3.49. The molecule has 0 N–H and O–H groups in total. The van der Waals surface area contributed by atoms with Gasteiger partial charge in [0, 0.05) is 10.8 Å². The van der Waals surface area contributed by atoms with E-state index in [0.29, 0.717) is 16.7 Å². The Kier molecular flexibility index (Phi) is 2.20. The van der Waals surface area contributed by atoms with Crippen molar-refractivity contribution < 1.29 is 12.6 Å². The van der Waals surface area contributed by atoms with Crippen molar-refractivity contribution >= 4 is 10.1 Å². The first kappa shape index (κ1) is 15.0. The summed E-state index contributed by atoms with van der Waals surface area (Å²) in [5.41, 5.74) is 0.497. The van der Waals surface area contributed by atoms with Gasteiger partial charge in [0.15, 0.2) is 0 Å². The van der Waals surface area contributed by atoms with Gasteiger partial charge in [-0.25, -0.2) is 0 Å². The van der Waals surface area contributed by atoms with Crippen LogP contribution in [0.15, 0.2) is 0 Å². The van der Waals surface area contributed by atoms with Gasteiger partial charge in [0.2, 0.25) is 0 Å². The summed E-state index contributed by atoms with van der Waals surface area (Å²) in [7, 11) is -3.49. The lowest BCUT2D eigenvalue weighted by atomic mass is 9.53. The molecule has 0 bridgehead atoms. The molecule has 7 rings (SSSR count). The molecule has 7 aliphatic carbocycles. The maximum Gasteiger partial charge on any atom is 0.275 e. The molecule has 4 spiro atoms. The fourth-order valence-corrected chi connectivity index (χ4v) is 13.5. The molecule has 0 amide bonds. The van der Waals surface area contributed by atoms with E-state index in [1.54, 1.807) is 0 Å². The number of rotatable bonds is 2. The van der Waals surface area contributed by atoms with Crippen molar-refractivity contribution in [3.63, 3.8) is 0 Å². The molecule has 3 nitrogen and oxygen atoms in total. The first-order valence-corrected chi connectivity index (χ1v) is 11.6. The van der Waals surface area contributed by atoms with Crippen LogP contribution in [0.5, 0.6) is 0 Å². The van der Waals surface area contributed by atoms with Gasteiger partial charge in [-0.05, 0) is 63.2 Å². The second kappa shape index (κ2) is 3.52. The summed E-state index contributed by atoms with van der Waals surface area (Å²) >= 11 is 0. The average Bonchev–Trinajstić information content (AvgIpc) is 3.10. The molecule has 4 atom stereocenters. The monoisotopic (exact) mass is 350 g/mol. The molecule has 0 aromatic heterocycles. The van der Waals surface area contributed by atoms with Gasteiger partial charge in [0.1, 0.15) is 4.75 Å². The van der Waals surface area contributed by atoms with E-state index >= 15 is 0 Å². The summed E-state index contributed by atoms with van der Waals surface area (Å²) in [6.07, 6.45) is 12.7. The van der Waals surface area contributed by atoms with E-state index in [2.05, 4.69) is 0 Å². The van der Waals surface area contributed by atoms with E-state index in [1.165, 1.54) is 51.4 Å². The molecular weight excluding hydrogens is 320 g/mol. The minimum absolute atomic E-state index is 0.128. The van der Waals surface area contributed by atoms with Crippen LogP contribution in [0.25, 0.3) is 0 Å². The first-order valence-electron chi connectivity index (χ1n) is 10.2. The lowest BCUT2D eigenvalue weighted by Crippen LogP contribution is -2.50. The van der Waals surface area contributed by atoms with Crippen LogP contribution in [0.2, 0.25) is 0 Å². The van der Waals surface area contributed by atoms with Crippen molar-refractivity contribution in [3.05, 3.63) is 0 Å². The lowest BCUT2D eigenvalue weighted by molar-refractivity contribution is -0.0323. The highest BCUT2D eigenvalue weighted by atomic mass is 32.2. The van der Waals surface area contributed by atoms with E-state index in [9.17, 15) is 8.42 Å². The standard InChI is InChI=1S/C20H30O3S/c1-15(2,3)23-24(21,22)20-14-16-10-6-4-8-12-18(16,20)19(20)13-9-5-7-11-17(14,16)19/h14H,4-13H2,1-3H3. The number of hydrogen-bond acceptors (Lipinski definition) is 3. The highest BCUT2D eigenvalue weighted by Crippen LogP contribution is 3.29. The second-order valence-electron chi connectivity index (χ2n) is 10.7. The first-order chi connectivity index (χ1) is 11.2. The van der Waals surface area contributed by atoms with Crippen LogP contribution in [0.3, 0.4) is 0 Å². The van der Waals surface area contributed by atoms with Crippen molar-refractivity contribution in [2.75, 3.05) is 0 Å². The van der Waals surface area contributed by atoms with Crippen molar-refractivity contribution in [2.45, 2.75) is 95.3 Å². The Morgan fingerprint density at radius 1 is 0.792 bits per heavy atom. The Hall–Kier alpha value is -0.0900. The van der Waals surface area contributed by atoms with E-state index in [0.717, 1.165) is 12.8 Å². The molecule has 0 aromatic carbocycles. The van der Waals surface area contributed by atoms with Gasteiger partial charge in [0.05, 0.1) is 5.60 Å². The molecule has 4 unspecified atom stereocenters. The Morgan fingerprint density at radius 2 is 1.25 bits per heavy atom. The predicted octanol–water partition coefficient (Wildman–Crippen LogP) is 4.41. The van der Waals surface area contributed by atoms with Crippen molar-refractivity contribution in [3.8, 4) is 0 Å². The zero-order valence-electron chi connectivity index (χ0n) is 15.3. The molecule has 7 aliphatic rings. The number of hydrogen-bond donors (Lipinski definition) is 0. The summed E-state index contributed by atoms with van der Waals surface area (Å²) in [5.74, 6) is 0.459. The second-order valence-corrected chi connectivity index (χ2v) is 12.4. The van der Waals surface area contributed by atoms with Crippen molar-refractivity contribution in [1.29, 1.82) is 0 Å². The topological polar surface area (TPSA) is 43.4 Å². The summed E-state index contributed by atoms with van der Waals surface area (Å²) in [6.45, 7) is 5.66. The molecule has 0 saturated heterocycles. The van der Waals surface area contributed by atoms with Gasteiger partial charge >= 0.3 is 0 Å². The molecular formula is C20H30O3S. The smallest absolute Gasteiger partial charge is 0.264 e. The molecule has 0 aliphatic heterocycles. The van der Waals surface area contributed by atoms with Crippen LogP contribution in [-0.2, 0) is 14.3 Å². The van der Waals surface area contributed by atoms with E-state index in [4.69, 9.17) is 4.18 Å². The SMILES string of the molecule is CC(C)(C)OS(=O)(=O)C12C3C45CCCCCC41C21CCCCCC351. The predicted molar refractivity (Wildman–Crippen MR) is 91.9 cm³/mol. The molecule has 134 valence electrons. The van der Waals surface area contributed by atoms with Gasteiger partial charge in [-0.3, -0.25) is 4.18 Å². The van der Waals surface area contributed by atoms with Crippen LogP contribution in [-0.4, -0.2) is 18.8 Å². The molecule has 24 heavy (non-hydrogen) atoms. The van der Waals surface area contributed by atoms with Crippen LogP contribution >= 0.6 is 0 Å². The summed E-state index contributed by atoms with van der Waals surface area (Å²) in [5, 5.41) is 0. The van der Waals surface area contributed by atoms with Gasteiger partial charge < -0.3 is 0 Å². The van der Waals surface area contributed by atoms with Crippen LogP contribution in [0.1, 0.15) is 85.0 Å². The van der Waals surface area contributed by atoms with Crippen molar-refractivity contribution in [1.82, 2.24) is 0 Å². The lowest BCUT2D eigenvalue weighted by Gasteiger charge is -2.49. The highest BCUT2D eigenvalue weighted by molar-refractivity contribution is 7.89. The van der Waals surface area contributed by atoms with Crippen LogP contribution in [0, 0.1) is 27.6 Å². The maximum atomic E-state index is 13.5. The summed E-state index contributed by atoms with van der Waals surface area (Å²) in [6, 6.07) is 0. The Labute approximate surface area is 146 Å². The Bertz CT molecular complexity index is 726. The largest absolute Gasteiger partial charge is 0.275 e. The fraction of sp³-hybridized carbons (Fsp3) is 1.00. The molecule has 7 fully saturated rings. The van der Waals surface area contributed by atoms with Gasteiger partial charge in [-0.2, -0.15) is 8.42 Å². The molecule has 4 heteroatoms. The summed E-state index contributed by atoms with van der Waals surface area (Å²) < 4.78 is 32.4.